The van der Waals surface area contributed by atoms with Crippen molar-refractivity contribution in [1.82, 2.24) is 0 Å². The Balaban J connectivity index is 1.81. The Bertz CT molecular complexity index is 381. The zero-order chi connectivity index (χ0) is 10.9. The van der Waals surface area contributed by atoms with Crippen molar-refractivity contribution in [3.05, 3.63) is 12.2 Å². The fraction of sp³-hybridized carbons (Fsp3) is 0.769. The smallest absolute Gasteiger partial charge is 0.181 e. The summed E-state index contributed by atoms with van der Waals surface area (Å²) < 4.78 is 11.8. The molecule has 16 heavy (non-hydrogen) atoms. The van der Waals surface area contributed by atoms with Gasteiger partial charge in [0.05, 0.1) is 13.2 Å². The Kier molecular flexibility index (Phi) is 1.62. The van der Waals surface area contributed by atoms with Gasteiger partial charge in [-0.1, -0.05) is 19.1 Å². The first kappa shape index (κ1) is 9.37. The number of ether oxygens (including phenoxy) is 2. The molecule has 1 aliphatic heterocycles. The molecule has 0 N–H and O–H groups in total. The van der Waals surface area contributed by atoms with Gasteiger partial charge in [0.1, 0.15) is 5.78 Å². The number of carbonyl (C=O) groups excluding carboxylic acids is 1. The zero-order valence-corrected chi connectivity index (χ0v) is 9.39. The zero-order valence-electron chi connectivity index (χ0n) is 9.39. The van der Waals surface area contributed by atoms with Gasteiger partial charge in [0.25, 0.3) is 0 Å². The molecular formula is C13H16O3. The number of ketones is 1. The molecule has 0 aromatic rings. The van der Waals surface area contributed by atoms with Crippen LogP contribution in [0.15, 0.2) is 12.2 Å². The Morgan fingerprint density at radius 1 is 1.25 bits per heavy atom. The second kappa shape index (κ2) is 2.77. The summed E-state index contributed by atoms with van der Waals surface area (Å²) in [5.74, 6) is 1.58. The van der Waals surface area contributed by atoms with E-state index in [4.69, 9.17) is 9.47 Å². The average molecular weight is 220 g/mol. The highest BCUT2D eigenvalue weighted by Gasteiger charge is 2.69. The van der Waals surface area contributed by atoms with Crippen molar-refractivity contribution >= 4 is 5.78 Å². The summed E-state index contributed by atoms with van der Waals surface area (Å²) in [5.41, 5.74) is 0. The van der Waals surface area contributed by atoms with Crippen molar-refractivity contribution in [3.63, 3.8) is 0 Å². The molecule has 3 fully saturated rings. The van der Waals surface area contributed by atoms with Crippen LogP contribution in [0.5, 0.6) is 0 Å². The second-order valence-electron chi connectivity index (χ2n) is 5.61. The summed E-state index contributed by atoms with van der Waals surface area (Å²) >= 11 is 0. The molecule has 2 saturated carbocycles. The summed E-state index contributed by atoms with van der Waals surface area (Å²) in [4.78, 5) is 12.1. The van der Waals surface area contributed by atoms with Crippen molar-refractivity contribution in [2.45, 2.75) is 19.1 Å². The van der Waals surface area contributed by atoms with E-state index in [1.807, 2.05) is 0 Å². The van der Waals surface area contributed by atoms with Gasteiger partial charge in [-0.2, -0.15) is 0 Å². The summed E-state index contributed by atoms with van der Waals surface area (Å²) in [6, 6.07) is 0. The SMILES string of the molecule is C[C@@H]1CC(=O)[C@@H]2[C@H]1[C@H]1C=C[C@H]2C12OCCO2. The van der Waals surface area contributed by atoms with Crippen LogP contribution in [0.3, 0.4) is 0 Å². The van der Waals surface area contributed by atoms with Gasteiger partial charge in [0, 0.05) is 24.2 Å². The molecule has 4 rings (SSSR count). The Hall–Kier alpha value is -0.670. The molecule has 86 valence electrons. The number of Topliss-reactive ketones (excluding diaryl/α,β-unsaturated/α-hetero) is 1. The fourth-order valence-corrected chi connectivity index (χ4v) is 4.50. The van der Waals surface area contributed by atoms with Gasteiger partial charge in [-0.3, -0.25) is 4.79 Å². The van der Waals surface area contributed by atoms with Crippen LogP contribution in [0.1, 0.15) is 13.3 Å². The van der Waals surface area contributed by atoms with E-state index in [2.05, 4.69) is 19.1 Å². The molecule has 0 radical (unpaired) electrons. The van der Waals surface area contributed by atoms with Crippen LogP contribution in [0.4, 0.5) is 0 Å². The van der Waals surface area contributed by atoms with Gasteiger partial charge < -0.3 is 9.47 Å². The van der Waals surface area contributed by atoms with Gasteiger partial charge in [-0.05, 0) is 11.8 Å². The van der Waals surface area contributed by atoms with E-state index < -0.39 is 5.79 Å². The highest BCUT2D eigenvalue weighted by molar-refractivity contribution is 5.85. The normalized spacial score (nSPS) is 51.8. The van der Waals surface area contributed by atoms with Crippen LogP contribution in [0, 0.1) is 29.6 Å². The predicted molar refractivity (Wildman–Crippen MR) is 56.5 cm³/mol. The summed E-state index contributed by atoms with van der Waals surface area (Å²) in [7, 11) is 0. The third-order valence-corrected chi connectivity index (χ3v) is 4.96. The Morgan fingerprint density at radius 2 is 1.94 bits per heavy atom. The van der Waals surface area contributed by atoms with Crippen LogP contribution in [-0.2, 0) is 14.3 Å². The minimum absolute atomic E-state index is 0.170. The van der Waals surface area contributed by atoms with Gasteiger partial charge in [0.2, 0.25) is 0 Å². The van der Waals surface area contributed by atoms with Crippen molar-refractivity contribution in [1.29, 1.82) is 0 Å². The number of rotatable bonds is 0. The lowest BCUT2D eigenvalue weighted by molar-refractivity contribution is -0.190. The average Bonchev–Trinajstić information content (AvgIpc) is 2.98. The molecule has 1 spiro atoms. The second-order valence-corrected chi connectivity index (χ2v) is 5.61. The summed E-state index contributed by atoms with van der Waals surface area (Å²) in [5, 5.41) is 0. The van der Waals surface area contributed by atoms with Gasteiger partial charge in [0.15, 0.2) is 5.79 Å². The largest absolute Gasteiger partial charge is 0.346 e. The van der Waals surface area contributed by atoms with Gasteiger partial charge in [-0.25, -0.2) is 0 Å². The molecule has 0 aromatic carbocycles. The number of hydrogen-bond acceptors (Lipinski definition) is 3. The molecule has 4 aliphatic rings. The maximum absolute atomic E-state index is 12.1. The topological polar surface area (TPSA) is 35.5 Å². The first-order valence-corrected chi connectivity index (χ1v) is 6.23. The van der Waals surface area contributed by atoms with Crippen molar-refractivity contribution in [3.8, 4) is 0 Å². The molecule has 0 unspecified atom stereocenters. The third-order valence-electron chi connectivity index (χ3n) is 4.96. The van der Waals surface area contributed by atoms with Crippen LogP contribution in [0.25, 0.3) is 0 Å². The fourth-order valence-electron chi connectivity index (χ4n) is 4.50. The van der Waals surface area contributed by atoms with Gasteiger partial charge >= 0.3 is 0 Å². The molecule has 2 bridgehead atoms. The van der Waals surface area contributed by atoms with E-state index in [0.717, 1.165) is 6.42 Å². The quantitative estimate of drug-likeness (QED) is 0.579. The lowest BCUT2D eigenvalue weighted by Gasteiger charge is -2.30. The minimum Gasteiger partial charge on any atom is -0.346 e. The molecule has 3 heteroatoms. The molecule has 1 heterocycles. The molecule has 3 nitrogen and oxygen atoms in total. The maximum Gasteiger partial charge on any atom is 0.181 e. The molecule has 5 atom stereocenters. The van der Waals surface area contributed by atoms with Crippen LogP contribution < -0.4 is 0 Å². The Morgan fingerprint density at radius 3 is 2.62 bits per heavy atom. The third kappa shape index (κ3) is 0.833. The van der Waals surface area contributed by atoms with E-state index in [9.17, 15) is 4.79 Å². The monoisotopic (exact) mass is 220 g/mol. The first-order chi connectivity index (χ1) is 7.74. The predicted octanol–water partition coefficient (Wildman–Crippen LogP) is 1.39. The lowest BCUT2D eigenvalue weighted by Crippen LogP contribution is -2.39. The standard InChI is InChI=1S/C13H16O3/c1-7-6-10(14)12-9-3-2-8(11(7)12)13(9)15-4-5-16-13/h2-3,7-9,11-12H,4-6H2,1H3/t7-,8-,9-,11-,12-/m1/s1. The van der Waals surface area contributed by atoms with E-state index >= 15 is 0 Å². The summed E-state index contributed by atoms with van der Waals surface area (Å²) in [6.07, 6.45) is 5.14. The van der Waals surface area contributed by atoms with Crippen LogP contribution >= 0.6 is 0 Å². The van der Waals surface area contributed by atoms with E-state index in [1.54, 1.807) is 0 Å². The first-order valence-electron chi connectivity index (χ1n) is 6.23. The highest BCUT2D eigenvalue weighted by Crippen LogP contribution is 2.63. The molecule has 0 amide bonds. The van der Waals surface area contributed by atoms with Crippen molar-refractivity contribution in [2.75, 3.05) is 13.2 Å². The van der Waals surface area contributed by atoms with Crippen molar-refractivity contribution in [2.24, 2.45) is 29.6 Å². The number of hydrogen-bond donors (Lipinski definition) is 0. The Labute approximate surface area is 94.8 Å². The molecule has 3 aliphatic carbocycles. The minimum atomic E-state index is -0.459. The molecule has 0 aromatic heterocycles. The maximum atomic E-state index is 12.1. The lowest BCUT2D eigenvalue weighted by atomic mass is 9.82. The highest BCUT2D eigenvalue weighted by atomic mass is 16.7. The number of fused-ring (bicyclic) bond motifs is 3. The molecule has 1 saturated heterocycles. The van der Waals surface area contributed by atoms with Gasteiger partial charge in [-0.15, -0.1) is 0 Å². The van der Waals surface area contributed by atoms with E-state index in [0.29, 0.717) is 36.8 Å². The van der Waals surface area contributed by atoms with Crippen LogP contribution in [0.2, 0.25) is 0 Å². The molecular weight excluding hydrogens is 204 g/mol. The summed E-state index contributed by atoms with van der Waals surface area (Å²) in [6.45, 7) is 3.55. The van der Waals surface area contributed by atoms with E-state index in [-0.39, 0.29) is 11.8 Å². The van der Waals surface area contributed by atoms with E-state index in [1.165, 1.54) is 0 Å². The van der Waals surface area contributed by atoms with Crippen LogP contribution in [-0.4, -0.2) is 24.8 Å². The van der Waals surface area contributed by atoms with Crippen molar-refractivity contribution < 1.29 is 14.3 Å². The number of carbonyl (C=O) groups is 1.